The van der Waals surface area contributed by atoms with Gasteiger partial charge in [0.25, 0.3) is 0 Å². The van der Waals surface area contributed by atoms with Crippen molar-refractivity contribution in [3.05, 3.63) is 46.6 Å². The van der Waals surface area contributed by atoms with Crippen molar-refractivity contribution in [3.63, 3.8) is 0 Å². The first-order valence-corrected chi connectivity index (χ1v) is 10.3. The number of aromatic nitrogens is 2. The second-order valence-electron chi connectivity index (χ2n) is 6.31. The number of thiophene rings is 1. The first-order valence-electron chi connectivity index (χ1n) is 8.46. The fraction of sp³-hybridized carbons (Fsp3) is 0.368. The number of rotatable bonds is 6. The summed E-state index contributed by atoms with van der Waals surface area (Å²) in [6.07, 6.45) is 4.60. The summed E-state index contributed by atoms with van der Waals surface area (Å²) in [7, 11) is 0. The third kappa shape index (κ3) is 3.66. The van der Waals surface area contributed by atoms with Crippen molar-refractivity contribution in [2.75, 3.05) is 12.4 Å². The van der Waals surface area contributed by atoms with Gasteiger partial charge < -0.3 is 9.84 Å². The van der Waals surface area contributed by atoms with Crippen LogP contribution >= 0.6 is 23.1 Å². The normalized spacial score (nSPS) is 14.6. The maximum absolute atomic E-state index is 10.3. The van der Waals surface area contributed by atoms with Gasteiger partial charge in [-0.2, -0.15) is 0 Å². The molecule has 4 nitrogen and oxygen atoms in total. The van der Waals surface area contributed by atoms with Gasteiger partial charge in [0.2, 0.25) is 0 Å². The van der Waals surface area contributed by atoms with Crippen molar-refractivity contribution in [2.45, 2.75) is 37.3 Å². The lowest BCUT2D eigenvalue weighted by atomic mass is 10.2. The zero-order chi connectivity index (χ0) is 17.2. The standard InChI is InChI=1S/C19H20N2O2S2/c1-12-5-7-14(8-6-12)23-9-13(22)10-24-18-17-15-3-2-4-16(15)25-19(17)21-11-20-18/h5-8,11,13,22H,2-4,9-10H2,1H3/t13-/m0/s1. The van der Waals surface area contributed by atoms with Gasteiger partial charge in [-0.3, -0.25) is 0 Å². The van der Waals surface area contributed by atoms with Crippen LogP contribution in [0.25, 0.3) is 10.2 Å². The fourth-order valence-corrected chi connectivity index (χ4v) is 5.29. The SMILES string of the molecule is Cc1ccc(OC[C@H](O)CSc2ncnc3sc4c(c23)CCC4)cc1. The van der Waals surface area contributed by atoms with Crippen molar-refractivity contribution in [1.29, 1.82) is 0 Å². The molecule has 6 heteroatoms. The molecule has 1 aliphatic carbocycles. The van der Waals surface area contributed by atoms with Gasteiger partial charge in [-0.05, 0) is 43.9 Å². The molecule has 4 rings (SSSR count). The van der Waals surface area contributed by atoms with E-state index >= 15 is 0 Å². The second-order valence-corrected chi connectivity index (χ2v) is 8.40. The van der Waals surface area contributed by atoms with E-state index in [4.69, 9.17) is 4.74 Å². The number of hydrogen-bond acceptors (Lipinski definition) is 6. The van der Waals surface area contributed by atoms with Crippen molar-refractivity contribution in [2.24, 2.45) is 0 Å². The number of benzene rings is 1. The van der Waals surface area contributed by atoms with Crippen molar-refractivity contribution in [3.8, 4) is 5.75 Å². The molecular formula is C19H20N2O2S2. The van der Waals surface area contributed by atoms with Crippen LogP contribution in [-0.2, 0) is 12.8 Å². The molecule has 130 valence electrons. The number of aliphatic hydroxyl groups is 1. The zero-order valence-electron chi connectivity index (χ0n) is 14.1. The van der Waals surface area contributed by atoms with Crippen LogP contribution in [0.15, 0.2) is 35.6 Å². The van der Waals surface area contributed by atoms with Crippen LogP contribution in [0.1, 0.15) is 22.4 Å². The summed E-state index contributed by atoms with van der Waals surface area (Å²) in [6, 6.07) is 7.87. The highest BCUT2D eigenvalue weighted by Gasteiger charge is 2.21. The highest BCUT2D eigenvalue weighted by molar-refractivity contribution is 7.99. The average Bonchev–Trinajstić information content (AvgIpc) is 3.20. The van der Waals surface area contributed by atoms with E-state index in [9.17, 15) is 5.11 Å². The molecule has 1 N–H and O–H groups in total. The molecular weight excluding hydrogens is 352 g/mol. The van der Waals surface area contributed by atoms with E-state index in [-0.39, 0.29) is 6.61 Å². The Labute approximate surface area is 155 Å². The molecule has 0 unspecified atom stereocenters. The van der Waals surface area contributed by atoms with Gasteiger partial charge in [0.05, 0.1) is 6.10 Å². The molecule has 0 fully saturated rings. The minimum atomic E-state index is -0.539. The highest BCUT2D eigenvalue weighted by atomic mass is 32.2. The van der Waals surface area contributed by atoms with Crippen LogP contribution in [0.2, 0.25) is 0 Å². The van der Waals surface area contributed by atoms with Crippen LogP contribution in [0.3, 0.4) is 0 Å². The highest BCUT2D eigenvalue weighted by Crippen LogP contribution is 2.40. The van der Waals surface area contributed by atoms with E-state index in [0.29, 0.717) is 5.75 Å². The van der Waals surface area contributed by atoms with E-state index in [1.807, 2.05) is 31.2 Å². The molecule has 0 radical (unpaired) electrons. The number of fused-ring (bicyclic) bond motifs is 3. The molecule has 1 atom stereocenters. The lowest BCUT2D eigenvalue weighted by molar-refractivity contribution is 0.126. The molecule has 0 spiro atoms. The lowest BCUT2D eigenvalue weighted by Gasteiger charge is -2.12. The van der Waals surface area contributed by atoms with E-state index in [2.05, 4.69) is 9.97 Å². The lowest BCUT2D eigenvalue weighted by Crippen LogP contribution is -2.20. The smallest absolute Gasteiger partial charge is 0.128 e. The molecule has 0 bridgehead atoms. The summed E-state index contributed by atoms with van der Waals surface area (Å²) in [6.45, 7) is 2.32. The molecule has 0 aliphatic heterocycles. The zero-order valence-corrected chi connectivity index (χ0v) is 15.7. The number of aliphatic hydroxyl groups excluding tert-OH is 1. The van der Waals surface area contributed by atoms with E-state index < -0.39 is 6.10 Å². The second kappa shape index (κ2) is 7.32. The quantitative estimate of drug-likeness (QED) is 0.523. The Hall–Kier alpha value is -1.63. The number of ether oxygens (including phenoxy) is 1. The van der Waals surface area contributed by atoms with Gasteiger partial charge in [-0.1, -0.05) is 17.7 Å². The molecule has 1 aromatic carbocycles. The Bertz CT molecular complexity index is 877. The Morgan fingerprint density at radius 3 is 2.92 bits per heavy atom. The average molecular weight is 373 g/mol. The summed E-state index contributed by atoms with van der Waals surface area (Å²) in [5.41, 5.74) is 2.62. The molecule has 0 saturated heterocycles. The summed E-state index contributed by atoms with van der Waals surface area (Å²) in [4.78, 5) is 11.4. The minimum absolute atomic E-state index is 0.284. The Morgan fingerprint density at radius 2 is 2.08 bits per heavy atom. The Kier molecular flexibility index (Phi) is 4.92. The van der Waals surface area contributed by atoms with Crippen LogP contribution in [0, 0.1) is 6.92 Å². The first kappa shape index (κ1) is 16.8. The van der Waals surface area contributed by atoms with Gasteiger partial charge in [-0.25, -0.2) is 9.97 Å². The molecule has 0 amide bonds. The summed E-state index contributed by atoms with van der Waals surface area (Å²) in [5, 5.41) is 12.4. The summed E-state index contributed by atoms with van der Waals surface area (Å²) in [5.74, 6) is 1.34. The van der Waals surface area contributed by atoms with E-state index in [0.717, 1.165) is 28.4 Å². The van der Waals surface area contributed by atoms with Crippen LogP contribution in [0.5, 0.6) is 5.75 Å². The van der Waals surface area contributed by atoms with Crippen LogP contribution < -0.4 is 4.74 Å². The number of nitrogens with zero attached hydrogens (tertiary/aromatic N) is 2. The van der Waals surface area contributed by atoms with Gasteiger partial charge in [0, 0.05) is 16.0 Å². The molecule has 0 saturated carbocycles. The van der Waals surface area contributed by atoms with Gasteiger partial charge in [0.15, 0.2) is 0 Å². The van der Waals surface area contributed by atoms with Crippen molar-refractivity contribution >= 4 is 33.3 Å². The number of thioether (sulfide) groups is 1. The molecule has 25 heavy (non-hydrogen) atoms. The Balaban J connectivity index is 1.39. The molecule has 3 aromatic rings. The van der Waals surface area contributed by atoms with Gasteiger partial charge in [0.1, 0.15) is 28.5 Å². The van der Waals surface area contributed by atoms with Crippen LogP contribution in [-0.4, -0.2) is 33.5 Å². The van der Waals surface area contributed by atoms with Crippen LogP contribution in [0.4, 0.5) is 0 Å². The minimum Gasteiger partial charge on any atom is -0.491 e. The van der Waals surface area contributed by atoms with Crippen molar-refractivity contribution < 1.29 is 9.84 Å². The maximum Gasteiger partial charge on any atom is 0.128 e. The number of hydrogen-bond donors (Lipinski definition) is 1. The predicted octanol–water partition coefficient (Wildman–Crippen LogP) is 4.02. The first-order chi connectivity index (χ1) is 12.2. The summed E-state index contributed by atoms with van der Waals surface area (Å²) >= 11 is 3.38. The van der Waals surface area contributed by atoms with Gasteiger partial charge in [-0.15, -0.1) is 23.1 Å². The fourth-order valence-electron chi connectivity index (χ4n) is 3.06. The predicted molar refractivity (Wildman–Crippen MR) is 103 cm³/mol. The third-order valence-corrected chi connectivity index (χ3v) is 6.68. The van der Waals surface area contributed by atoms with Gasteiger partial charge >= 0.3 is 0 Å². The maximum atomic E-state index is 10.3. The van der Waals surface area contributed by atoms with Crippen molar-refractivity contribution in [1.82, 2.24) is 9.97 Å². The molecule has 2 aromatic heterocycles. The molecule has 1 aliphatic rings. The topological polar surface area (TPSA) is 55.2 Å². The third-order valence-electron chi connectivity index (χ3n) is 4.34. The summed E-state index contributed by atoms with van der Waals surface area (Å²) < 4.78 is 5.66. The van der Waals surface area contributed by atoms with E-state index in [1.165, 1.54) is 27.8 Å². The molecule has 2 heterocycles. The monoisotopic (exact) mass is 372 g/mol. The largest absolute Gasteiger partial charge is 0.491 e. The van der Waals surface area contributed by atoms with E-state index in [1.54, 1.807) is 29.4 Å². The Morgan fingerprint density at radius 1 is 1.24 bits per heavy atom. The number of aryl methyl sites for hydroxylation is 3.